The lowest BCUT2D eigenvalue weighted by Crippen LogP contribution is -2.42. The van der Waals surface area contributed by atoms with Crippen LogP contribution >= 0.6 is 64.8 Å². The SMILES string of the molecule is C.C.C.C.C.C.C.C.C.C.C=C.CC(=O)COOCC(COCCOCCSSc1ccccn1)(COCCOCCSSc1ccccn1)COCCOCCSSc1ccccn1. The van der Waals surface area contributed by atoms with Crippen molar-refractivity contribution in [2.24, 2.45) is 5.41 Å². The van der Waals surface area contributed by atoms with E-state index in [4.69, 9.17) is 38.2 Å². The van der Waals surface area contributed by atoms with Crippen LogP contribution in [0.2, 0.25) is 0 Å². The maximum Gasteiger partial charge on any atom is 0.158 e. The van der Waals surface area contributed by atoms with Gasteiger partial charge in [0.2, 0.25) is 0 Å². The van der Waals surface area contributed by atoms with Crippen LogP contribution in [0.5, 0.6) is 0 Å². The zero-order valence-electron chi connectivity index (χ0n) is 31.3. The number of pyridine rings is 3. The van der Waals surface area contributed by atoms with E-state index >= 15 is 0 Å². The van der Waals surface area contributed by atoms with E-state index in [0.29, 0.717) is 59.5 Å². The summed E-state index contributed by atoms with van der Waals surface area (Å²) in [6, 6.07) is 17.6. The molecule has 0 spiro atoms. The summed E-state index contributed by atoms with van der Waals surface area (Å²) in [4.78, 5) is 35.1. The van der Waals surface area contributed by atoms with Crippen molar-refractivity contribution in [2.45, 2.75) is 96.3 Å². The van der Waals surface area contributed by atoms with Gasteiger partial charge < -0.3 is 28.4 Å². The van der Waals surface area contributed by atoms with Gasteiger partial charge in [0.1, 0.15) is 21.7 Å². The number of hydrogen-bond donors (Lipinski definition) is 0. The van der Waals surface area contributed by atoms with Gasteiger partial charge in [0.25, 0.3) is 0 Å². The van der Waals surface area contributed by atoms with Gasteiger partial charge in [-0.2, -0.15) is 0 Å². The van der Waals surface area contributed by atoms with Crippen LogP contribution in [0.4, 0.5) is 0 Å². The number of rotatable bonds is 35. The van der Waals surface area contributed by atoms with Gasteiger partial charge in [-0.3, -0.25) is 4.79 Å². The van der Waals surface area contributed by atoms with E-state index in [1.807, 2.05) is 54.6 Å². The molecule has 0 N–H and O–H groups in total. The first-order chi connectivity index (χ1) is 27.2. The Morgan fingerprint density at radius 2 is 0.769 bits per heavy atom. The predicted octanol–water partition coefficient (Wildman–Crippen LogP) is 14.3. The molecule has 0 atom stereocenters. The Hall–Kier alpha value is -1.36. The average molecular weight is 1040 g/mol. The van der Waals surface area contributed by atoms with Gasteiger partial charge >= 0.3 is 0 Å². The van der Waals surface area contributed by atoms with Crippen molar-refractivity contribution < 1.29 is 43.0 Å². The summed E-state index contributed by atoms with van der Waals surface area (Å²) >= 11 is 0. The molecule has 18 heteroatoms. The first kappa shape index (κ1) is 83.6. The highest BCUT2D eigenvalue weighted by Gasteiger charge is 2.33. The smallest absolute Gasteiger partial charge is 0.158 e. The molecule has 0 aliphatic heterocycles. The van der Waals surface area contributed by atoms with Crippen LogP contribution in [0.25, 0.3) is 0 Å². The van der Waals surface area contributed by atoms with Crippen molar-refractivity contribution in [3.8, 4) is 0 Å². The number of Topliss-reactive ketones (excluding diaryl/α,β-unsaturated/α-hetero) is 1. The molecule has 0 saturated heterocycles. The first-order valence-electron chi connectivity index (χ1n) is 17.5. The zero-order valence-corrected chi connectivity index (χ0v) is 36.2. The molecule has 12 nitrogen and oxygen atoms in total. The number of ketones is 1. The molecule has 0 unspecified atom stereocenters. The maximum absolute atomic E-state index is 11.5. The second kappa shape index (κ2) is 60.7. The summed E-state index contributed by atoms with van der Waals surface area (Å²) in [5, 5.41) is 2.91. The Bertz CT molecular complexity index is 1180. The quantitative estimate of drug-likeness (QED) is 0.0182. The van der Waals surface area contributed by atoms with E-state index in [0.717, 1.165) is 32.3 Å². The molecule has 386 valence electrons. The van der Waals surface area contributed by atoms with Crippen LogP contribution in [0, 0.1) is 5.41 Å². The Morgan fingerprint density at radius 3 is 1.05 bits per heavy atom. The van der Waals surface area contributed by atoms with Crippen LogP contribution < -0.4 is 0 Å². The number of ether oxygens (including phenoxy) is 6. The number of carbonyl (C=O) groups excluding carboxylic acids is 1. The number of nitrogens with zero attached hydrogens (tertiary/aromatic N) is 3. The van der Waals surface area contributed by atoms with E-state index in [-0.39, 0.29) is 113 Å². The van der Waals surface area contributed by atoms with Gasteiger partial charge in [-0.1, -0.05) is 125 Å². The highest BCUT2D eigenvalue weighted by atomic mass is 33.1. The van der Waals surface area contributed by atoms with Crippen LogP contribution in [-0.2, 0) is 43.0 Å². The summed E-state index contributed by atoms with van der Waals surface area (Å²) in [5.74, 6) is 2.32. The lowest BCUT2D eigenvalue weighted by Gasteiger charge is -2.32. The van der Waals surface area contributed by atoms with Crippen LogP contribution in [0.1, 0.15) is 81.2 Å². The largest absolute Gasteiger partial charge is 0.378 e. The minimum absolute atomic E-state index is 0. The van der Waals surface area contributed by atoms with Crippen molar-refractivity contribution in [3.05, 3.63) is 86.3 Å². The highest BCUT2D eigenvalue weighted by molar-refractivity contribution is 8.77. The fourth-order valence-corrected chi connectivity index (χ4v) is 9.06. The maximum atomic E-state index is 11.5. The van der Waals surface area contributed by atoms with Gasteiger partial charge in [-0.05, 0) is 75.7 Å². The van der Waals surface area contributed by atoms with E-state index < -0.39 is 5.41 Å². The lowest BCUT2D eigenvalue weighted by atomic mass is 9.92. The van der Waals surface area contributed by atoms with E-state index in [1.165, 1.54) is 6.92 Å². The zero-order chi connectivity index (χ0) is 39.3. The summed E-state index contributed by atoms with van der Waals surface area (Å²) in [5.41, 5.74) is -0.726. The van der Waals surface area contributed by atoms with Crippen molar-refractivity contribution in [2.75, 3.05) is 110 Å². The fraction of sp³-hybridized carbons (Fsp3) is 0.617. The molecule has 0 aliphatic rings. The fourth-order valence-electron chi connectivity index (χ4n) is 3.84. The van der Waals surface area contributed by atoms with Gasteiger partial charge in [0, 0.05) is 35.8 Å². The molecule has 0 aliphatic carbocycles. The number of carbonyl (C=O) groups is 1. The topological polar surface area (TPSA) is 130 Å². The van der Waals surface area contributed by atoms with Gasteiger partial charge in [-0.25, -0.2) is 24.7 Å². The predicted molar refractivity (Wildman–Crippen MR) is 296 cm³/mol. The molecule has 3 heterocycles. The second-order valence-electron chi connectivity index (χ2n) is 10.9. The highest BCUT2D eigenvalue weighted by Crippen LogP contribution is 2.30. The number of hydrogen-bond acceptors (Lipinski definition) is 18. The molecule has 0 saturated carbocycles. The van der Waals surface area contributed by atoms with Crippen molar-refractivity contribution in [1.82, 2.24) is 15.0 Å². The minimum Gasteiger partial charge on any atom is -0.378 e. The summed E-state index contributed by atoms with van der Waals surface area (Å²) in [6.45, 7) is 12.4. The molecule has 3 aromatic rings. The number of aromatic nitrogens is 3. The van der Waals surface area contributed by atoms with Crippen LogP contribution in [0.15, 0.2) is 101 Å². The summed E-state index contributed by atoms with van der Waals surface area (Å²) < 4.78 is 35.6. The monoisotopic (exact) mass is 1040 g/mol. The normalized spacial score (nSPS) is 9.55. The standard InChI is InChI=1S/C35H49N3O9S6.C2H4.10CH4/c1-31(39)26-46-47-30-35(27-43-17-14-40-20-23-48-51-32-8-2-5-11-36-32,28-44-18-15-41-21-24-49-52-33-9-3-6-12-37-33)29-45-19-16-42-22-25-50-53-34-10-4-7-13-38-34;1-2;;;;;;;;;;/h2-13H,14-30H2,1H3;1-2H2;10*1H4. The molecule has 0 aromatic carbocycles. The van der Waals surface area contributed by atoms with Crippen molar-refractivity contribution in [3.63, 3.8) is 0 Å². The Balaban J connectivity index is -0.000000368. The van der Waals surface area contributed by atoms with Gasteiger partial charge in [-0.15, -0.1) is 13.2 Å². The molecule has 0 fully saturated rings. The van der Waals surface area contributed by atoms with Gasteiger partial charge in [0.15, 0.2) is 5.78 Å². The van der Waals surface area contributed by atoms with E-state index in [1.54, 1.807) is 83.4 Å². The Morgan fingerprint density at radius 1 is 0.462 bits per heavy atom. The Labute approximate surface area is 423 Å². The molecule has 0 radical (unpaired) electrons. The Kier molecular flexibility index (Phi) is 78.0. The lowest BCUT2D eigenvalue weighted by molar-refractivity contribution is -0.313. The molecular formula is C47H93N3O9S6. The molecule has 3 aromatic heterocycles. The minimum atomic E-state index is -0.726. The van der Waals surface area contributed by atoms with Crippen molar-refractivity contribution >= 4 is 70.5 Å². The van der Waals surface area contributed by atoms with Crippen LogP contribution in [0.3, 0.4) is 0 Å². The van der Waals surface area contributed by atoms with Crippen LogP contribution in [-0.4, -0.2) is 130 Å². The van der Waals surface area contributed by atoms with Crippen molar-refractivity contribution in [1.29, 1.82) is 0 Å². The second-order valence-corrected chi connectivity index (χ2v) is 18.2. The third-order valence-corrected chi connectivity index (χ3v) is 13.0. The summed E-state index contributed by atoms with van der Waals surface area (Å²) in [7, 11) is 9.96. The molecule has 3 rings (SSSR count). The molecule has 0 amide bonds. The third kappa shape index (κ3) is 47.5. The molecule has 65 heavy (non-hydrogen) atoms. The first-order valence-corrected chi connectivity index (χ1v) is 24.4. The molecular weight excluding hydrogens is 943 g/mol. The third-order valence-electron chi connectivity index (χ3n) is 6.33. The molecule has 0 bridgehead atoms. The van der Waals surface area contributed by atoms with Gasteiger partial charge in [0.05, 0.1) is 91.3 Å². The van der Waals surface area contributed by atoms with E-state index in [9.17, 15) is 4.79 Å². The van der Waals surface area contributed by atoms with E-state index in [2.05, 4.69) is 28.1 Å². The average Bonchev–Trinajstić information content (AvgIpc) is 3.22. The summed E-state index contributed by atoms with van der Waals surface area (Å²) in [6.07, 6.45) is 5.35.